The van der Waals surface area contributed by atoms with E-state index < -0.39 is 23.4 Å². The second-order valence-corrected chi connectivity index (χ2v) is 5.38. The molecule has 0 saturated heterocycles. The second kappa shape index (κ2) is 9.26. The van der Waals surface area contributed by atoms with Crippen LogP contribution in [0, 0.1) is 11.6 Å². The van der Waals surface area contributed by atoms with Gasteiger partial charge < -0.3 is 5.32 Å². The van der Waals surface area contributed by atoms with Crippen LogP contribution >= 0.6 is 0 Å². The maximum absolute atomic E-state index is 12.8. The lowest BCUT2D eigenvalue weighted by Gasteiger charge is -2.08. The van der Waals surface area contributed by atoms with Crippen LogP contribution in [0.4, 0.5) is 8.78 Å². The van der Waals surface area contributed by atoms with Crippen molar-refractivity contribution in [2.45, 2.75) is 12.8 Å². The predicted octanol–water partition coefficient (Wildman–Crippen LogP) is 1.94. The van der Waals surface area contributed by atoms with Crippen LogP contribution in [0.3, 0.4) is 0 Å². The fourth-order valence-corrected chi connectivity index (χ4v) is 2.02. The summed E-state index contributed by atoms with van der Waals surface area (Å²) in [5.41, 5.74) is 4.98. The summed E-state index contributed by atoms with van der Waals surface area (Å²) in [6.45, 7) is 0.246. The summed E-state index contributed by atoms with van der Waals surface area (Å²) in [5, 5.41) is 2.61. The topological polar surface area (TPSA) is 87.3 Å². The zero-order chi connectivity index (χ0) is 18.9. The van der Waals surface area contributed by atoms with Gasteiger partial charge in [-0.3, -0.25) is 25.2 Å². The number of hydrogen-bond acceptors (Lipinski definition) is 3. The summed E-state index contributed by atoms with van der Waals surface area (Å²) in [7, 11) is 0. The molecule has 0 radical (unpaired) electrons. The molecular formula is C18H17F2N3O3. The average molecular weight is 361 g/mol. The van der Waals surface area contributed by atoms with Crippen molar-refractivity contribution in [1.29, 1.82) is 0 Å². The molecule has 0 aromatic heterocycles. The van der Waals surface area contributed by atoms with Gasteiger partial charge in [-0.1, -0.05) is 0 Å². The molecule has 0 aliphatic rings. The molecule has 2 rings (SSSR count). The van der Waals surface area contributed by atoms with Crippen molar-refractivity contribution in [2.24, 2.45) is 0 Å². The molecule has 0 aliphatic carbocycles. The first-order valence-electron chi connectivity index (χ1n) is 7.84. The lowest BCUT2D eigenvalue weighted by molar-refractivity contribution is -0.121. The van der Waals surface area contributed by atoms with Crippen LogP contribution in [0.5, 0.6) is 0 Å². The summed E-state index contributed by atoms with van der Waals surface area (Å²) in [6.07, 6.45) is 0.429. The first-order chi connectivity index (χ1) is 12.5. The normalized spacial score (nSPS) is 10.1. The van der Waals surface area contributed by atoms with Gasteiger partial charge in [0.2, 0.25) is 5.91 Å². The maximum Gasteiger partial charge on any atom is 0.269 e. The Morgan fingerprint density at radius 3 is 1.77 bits per heavy atom. The van der Waals surface area contributed by atoms with E-state index >= 15 is 0 Å². The number of carbonyl (C=O) groups excluding carboxylic acids is 3. The van der Waals surface area contributed by atoms with Crippen molar-refractivity contribution in [1.82, 2.24) is 16.2 Å². The Bertz CT molecular complexity index is 777. The van der Waals surface area contributed by atoms with Gasteiger partial charge >= 0.3 is 0 Å². The van der Waals surface area contributed by atoms with Crippen LogP contribution in [-0.2, 0) is 4.79 Å². The van der Waals surface area contributed by atoms with Gasteiger partial charge in [-0.25, -0.2) is 8.78 Å². The van der Waals surface area contributed by atoms with E-state index in [-0.39, 0.29) is 24.4 Å². The molecule has 26 heavy (non-hydrogen) atoms. The number of carbonyl (C=O) groups is 3. The molecule has 3 amide bonds. The van der Waals surface area contributed by atoms with Gasteiger partial charge in [0.15, 0.2) is 0 Å². The van der Waals surface area contributed by atoms with E-state index in [1.807, 2.05) is 0 Å². The Morgan fingerprint density at radius 1 is 0.731 bits per heavy atom. The van der Waals surface area contributed by atoms with Gasteiger partial charge in [0.05, 0.1) is 0 Å². The Morgan fingerprint density at radius 2 is 1.23 bits per heavy atom. The largest absolute Gasteiger partial charge is 0.352 e. The third kappa shape index (κ3) is 5.97. The van der Waals surface area contributed by atoms with E-state index in [1.165, 1.54) is 36.4 Å². The molecule has 0 heterocycles. The number of hydrazine groups is 1. The maximum atomic E-state index is 12.8. The van der Waals surface area contributed by atoms with Crippen molar-refractivity contribution in [3.8, 4) is 0 Å². The molecule has 0 spiro atoms. The van der Waals surface area contributed by atoms with Crippen LogP contribution in [0.25, 0.3) is 0 Å². The molecule has 0 bridgehead atoms. The monoisotopic (exact) mass is 361 g/mol. The summed E-state index contributed by atoms with van der Waals surface area (Å²) >= 11 is 0. The predicted molar refractivity (Wildman–Crippen MR) is 90.0 cm³/mol. The molecule has 0 atom stereocenters. The molecule has 136 valence electrons. The minimum atomic E-state index is -0.567. The molecule has 6 nitrogen and oxygen atoms in total. The standard InChI is InChI=1S/C18H17F2N3O3/c19-14-7-3-12(4-8-14)17(25)21-11-1-2-16(24)22-23-18(26)13-5-9-15(20)10-6-13/h3-10H,1-2,11H2,(H,21,25)(H,22,24)(H,23,26). The van der Waals surface area contributed by atoms with E-state index in [1.54, 1.807) is 0 Å². The molecule has 3 N–H and O–H groups in total. The summed E-state index contributed by atoms with van der Waals surface area (Å²) in [4.78, 5) is 35.2. The van der Waals surface area contributed by atoms with Gasteiger partial charge in [-0.15, -0.1) is 0 Å². The number of amides is 3. The molecule has 0 saturated carbocycles. The van der Waals surface area contributed by atoms with Crippen LogP contribution in [0.15, 0.2) is 48.5 Å². The third-order valence-electron chi connectivity index (χ3n) is 3.39. The number of nitrogens with one attached hydrogen (secondary N) is 3. The molecule has 0 aliphatic heterocycles. The van der Waals surface area contributed by atoms with Gasteiger partial charge in [0.1, 0.15) is 11.6 Å². The quantitative estimate of drug-likeness (QED) is 0.543. The van der Waals surface area contributed by atoms with Crippen molar-refractivity contribution >= 4 is 17.7 Å². The molecule has 8 heteroatoms. The van der Waals surface area contributed by atoms with Crippen LogP contribution in [0.1, 0.15) is 33.6 Å². The van der Waals surface area contributed by atoms with Crippen molar-refractivity contribution in [3.63, 3.8) is 0 Å². The first-order valence-corrected chi connectivity index (χ1v) is 7.84. The fraction of sp³-hybridized carbons (Fsp3) is 0.167. The highest BCUT2D eigenvalue weighted by atomic mass is 19.1. The van der Waals surface area contributed by atoms with Gasteiger partial charge in [-0.05, 0) is 55.0 Å². The Labute approximate surface area is 148 Å². The van der Waals surface area contributed by atoms with Gasteiger partial charge in [0.25, 0.3) is 11.8 Å². The number of rotatable bonds is 6. The highest BCUT2D eigenvalue weighted by Crippen LogP contribution is 2.03. The minimum absolute atomic E-state index is 0.0768. The molecule has 0 unspecified atom stereocenters. The summed E-state index contributed by atoms with van der Waals surface area (Å²) in [5.74, 6) is -2.26. The Hall–Kier alpha value is -3.29. The molecule has 0 fully saturated rings. The molecule has 2 aromatic rings. The first kappa shape index (κ1) is 19.0. The number of benzene rings is 2. The highest BCUT2D eigenvalue weighted by Gasteiger charge is 2.08. The Balaban J connectivity index is 1.64. The fourth-order valence-electron chi connectivity index (χ4n) is 2.02. The van der Waals surface area contributed by atoms with Crippen LogP contribution in [0.2, 0.25) is 0 Å². The summed E-state index contributed by atoms with van der Waals surface area (Å²) in [6, 6.07) is 9.97. The minimum Gasteiger partial charge on any atom is -0.352 e. The van der Waals surface area contributed by atoms with E-state index in [4.69, 9.17) is 0 Å². The smallest absolute Gasteiger partial charge is 0.269 e. The SMILES string of the molecule is O=C(CCCNC(=O)c1ccc(F)cc1)NNC(=O)c1ccc(F)cc1. The lowest BCUT2D eigenvalue weighted by atomic mass is 10.2. The van der Waals surface area contributed by atoms with Crippen molar-refractivity contribution in [2.75, 3.05) is 6.54 Å². The zero-order valence-electron chi connectivity index (χ0n) is 13.7. The van der Waals surface area contributed by atoms with E-state index in [0.29, 0.717) is 12.0 Å². The zero-order valence-corrected chi connectivity index (χ0v) is 13.7. The lowest BCUT2D eigenvalue weighted by Crippen LogP contribution is -2.41. The van der Waals surface area contributed by atoms with Gasteiger partial charge in [-0.2, -0.15) is 0 Å². The number of halogens is 2. The van der Waals surface area contributed by atoms with Crippen LogP contribution in [-0.4, -0.2) is 24.3 Å². The second-order valence-electron chi connectivity index (χ2n) is 5.38. The average Bonchev–Trinajstić information content (AvgIpc) is 2.64. The third-order valence-corrected chi connectivity index (χ3v) is 3.39. The Kier molecular flexibility index (Phi) is 6.78. The van der Waals surface area contributed by atoms with E-state index in [0.717, 1.165) is 12.1 Å². The van der Waals surface area contributed by atoms with Crippen molar-refractivity contribution < 1.29 is 23.2 Å². The van der Waals surface area contributed by atoms with Gasteiger partial charge in [0, 0.05) is 24.1 Å². The molecule has 2 aromatic carbocycles. The molecular weight excluding hydrogens is 344 g/mol. The van der Waals surface area contributed by atoms with E-state index in [9.17, 15) is 23.2 Å². The van der Waals surface area contributed by atoms with Crippen molar-refractivity contribution in [3.05, 3.63) is 71.3 Å². The van der Waals surface area contributed by atoms with E-state index in [2.05, 4.69) is 16.2 Å². The summed E-state index contributed by atoms with van der Waals surface area (Å²) < 4.78 is 25.6. The van der Waals surface area contributed by atoms with Crippen LogP contribution < -0.4 is 16.2 Å². The highest BCUT2D eigenvalue weighted by molar-refractivity contribution is 5.95. The number of hydrogen-bond donors (Lipinski definition) is 3.